The van der Waals surface area contributed by atoms with Crippen LogP contribution in [0.4, 0.5) is 30.2 Å². The minimum absolute atomic E-state index is 0.0209. The number of hydrogen-bond acceptors (Lipinski definition) is 38. The summed E-state index contributed by atoms with van der Waals surface area (Å²) in [5.74, 6) is 3.75. The molecule has 4 aromatic carbocycles. The highest BCUT2D eigenvalue weighted by atomic mass is 32.2. The van der Waals surface area contributed by atoms with Crippen LogP contribution in [0.5, 0.6) is 23.0 Å². The summed E-state index contributed by atoms with van der Waals surface area (Å²) in [4.78, 5) is 38.7. The third kappa shape index (κ3) is 31.6. The van der Waals surface area contributed by atoms with Gasteiger partial charge in [-0.2, -0.15) is 4.68 Å². The number of aromatic nitrogens is 16. The van der Waals surface area contributed by atoms with Crippen molar-refractivity contribution in [3.63, 3.8) is 0 Å². The predicted octanol–water partition coefficient (Wildman–Crippen LogP) is 15.6. The van der Waals surface area contributed by atoms with Gasteiger partial charge in [0.05, 0.1) is 130 Å². The summed E-state index contributed by atoms with van der Waals surface area (Å²) < 4.78 is 119. The molecule has 0 amide bonds. The minimum Gasteiger partial charge on any atom is -0.487 e. The number of anilines is 3. The van der Waals surface area contributed by atoms with Crippen LogP contribution >= 0.6 is 68.0 Å². The fourth-order valence-corrected chi connectivity index (χ4v) is 24.2. The Hall–Kier alpha value is -10.9. The van der Waals surface area contributed by atoms with Crippen LogP contribution in [0.1, 0.15) is 183 Å². The van der Waals surface area contributed by atoms with Crippen molar-refractivity contribution in [1.29, 1.82) is 0 Å². The van der Waals surface area contributed by atoms with Gasteiger partial charge < -0.3 is 71.1 Å². The van der Waals surface area contributed by atoms with E-state index in [1.807, 2.05) is 78.5 Å². The molecule has 0 bridgehead atoms. The van der Waals surface area contributed by atoms with E-state index in [0.717, 1.165) is 254 Å². The molecule has 7 fully saturated rings. The van der Waals surface area contributed by atoms with E-state index in [1.54, 1.807) is 73.9 Å². The second-order valence-electron chi connectivity index (χ2n) is 35.7. The van der Waals surface area contributed by atoms with Crippen molar-refractivity contribution >= 4 is 105 Å². The van der Waals surface area contributed by atoms with Gasteiger partial charge >= 0.3 is 0 Å². The number of pyridine rings is 2. The molecule has 0 unspecified atom stereocenters. The number of rotatable bonds is 29. The Morgan fingerprint density at radius 3 is 1.25 bits per heavy atom. The molecule has 8 N–H and O–H groups in total. The molecule has 0 saturated carbocycles. The van der Waals surface area contributed by atoms with Gasteiger partial charge in [-0.15, -0.1) is 78.2 Å². The van der Waals surface area contributed by atoms with Crippen molar-refractivity contribution in [3.8, 4) is 34.5 Å². The summed E-state index contributed by atoms with van der Waals surface area (Å²) >= 11 is 10.2. The Balaban J connectivity index is 0.000000123. The van der Waals surface area contributed by atoms with Crippen LogP contribution in [-0.4, -0.2) is 214 Å². The highest BCUT2D eigenvalue weighted by Crippen LogP contribution is 2.38. The first-order chi connectivity index (χ1) is 69.6. The quantitative estimate of drug-likeness (QED) is 0.0216. The van der Waals surface area contributed by atoms with Gasteiger partial charge in [-0.3, -0.25) is 4.98 Å². The SMILES string of the molecule is CS(=O)(=O)c1cc(F)c(OCc2csc(C3CCNCC3)n2)c(F)c1.CS(=O)(=O)c1ccc(NCc2csc(C3CCNCC3)n2)c(F)c1.C[C@H]1CNCC[C@H]1c1nc(COc2ccc(-n3cnnn3)cc2)cs1.Cc1ccc(NCc2csc(C3CCNCC3)n2)cn1.c1cc(-n2cnnn2)ncc1OCc1csc(C2CCNCC2)n1.c1cc(N2CCOCC2)ccc1OCc1csc(C2CCNCC2)n1. The molecule has 760 valence electrons. The third-order valence-electron chi connectivity index (χ3n) is 25.1. The second kappa shape index (κ2) is 52.8. The molecule has 10 aromatic heterocycles. The molecule has 0 spiro atoms. The topological polar surface area (TPSA) is 404 Å². The smallest absolute Gasteiger partial charge is 0.191 e. The molecule has 7 aliphatic rings. The molecule has 0 radical (unpaired) electrons. The average molecular weight is 2110 g/mol. The molecular formula is C98H120F3N25O9S8. The van der Waals surface area contributed by atoms with Gasteiger partial charge in [-0.25, -0.2) is 69.6 Å². The maximum absolute atomic E-state index is 14.0. The Kier molecular flexibility index (Phi) is 38.7. The highest BCUT2D eigenvalue weighted by molar-refractivity contribution is 7.91. The molecule has 143 heavy (non-hydrogen) atoms. The largest absolute Gasteiger partial charge is 0.487 e. The van der Waals surface area contributed by atoms with E-state index in [-0.39, 0.29) is 17.2 Å². The van der Waals surface area contributed by atoms with Crippen molar-refractivity contribution in [1.82, 2.24) is 112 Å². The number of tetrazole rings is 2. The lowest BCUT2D eigenvalue weighted by atomic mass is 9.88. The fraction of sp³-hybridized carbons (Fsp3) is 0.449. The number of piperidine rings is 6. The minimum atomic E-state index is -3.69. The van der Waals surface area contributed by atoms with E-state index in [2.05, 4.69) is 145 Å². The van der Waals surface area contributed by atoms with Crippen LogP contribution < -0.4 is 66.4 Å². The first-order valence-electron chi connectivity index (χ1n) is 48.1. The zero-order valence-corrected chi connectivity index (χ0v) is 86.7. The van der Waals surface area contributed by atoms with Crippen LogP contribution in [0.2, 0.25) is 0 Å². The third-order valence-corrected chi connectivity index (χ3v) is 33.6. The molecule has 7 saturated heterocycles. The van der Waals surface area contributed by atoms with E-state index in [0.29, 0.717) is 85.1 Å². The summed E-state index contributed by atoms with van der Waals surface area (Å²) in [6.45, 7) is 23.1. The Bertz CT molecular complexity index is 6430. The van der Waals surface area contributed by atoms with Crippen molar-refractivity contribution in [2.24, 2.45) is 5.92 Å². The first kappa shape index (κ1) is 105. The van der Waals surface area contributed by atoms with Crippen molar-refractivity contribution in [2.45, 2.75) is 169 Å². The predicted molar refractivity (Wildman–Crippen MR) is 552 cm³/mol. The van der Waals surface area contributed by atoms with E-state index < -0.39 is 47.8 Å². The number of halogens is 3. The number of nitrogens with one attached hydrogen (secondary N) is 8. The molecule has 0 aliphatic carbocycles. The first-order valence-corrected chi connectivity index (χ1v) is 57.2. The van der Waals surface area contributed by atoms with E-state index >= 15 is 0 Å². The number of sulfone groups is 2. The van der Waals surface area contributed by atoms with Gasteiger partial charge in [-0.1, -0.05) is 6.92 Å². The molecule has 17 heterocycles. The van der Waals surface area contributed by atoms with Crippen LogP contribution in [-0.2, 0) is 63.9 Å². The molecule has 2 atom stereocenters. The molecular weight excluding hydrogens is 1980 g/mol. The molecule has 34 nitrogen and oxygen atoms in total. The fourth-order valence-electron chi connectivity index (χ4n) is 16.9. The zero-order chi connectivity index (χ0) is 99.1. The van der Waals surface area contributed by atoms with Gasteiger partial charge in [0.15, 0.2) is 42.9 Å². The summed E-state index contributed by atoms with van der Waals surface area (Å²) in [5.41, 5.74) is 10.1. The number of hydrogen-bond donors (Lipinski definition) is 8. The Morgan fingerprint density at radius 1 is 0.420 bits per heavy atom. The molecule has 14 aromatic rings. The van der Waals surface area contributed by atoms with Gasteiger partial charge in [0.2, 0.25) is 0 Å². The lowest BCUT2D eigenvalue weighted by Crippen LogP contribution is -2.36. The van der Waals surface area contributed by atoms with Crippen LogP contribution in [0.25, 0.3) is 11.5 Å². The van der Waals surface area contributed by atoms with Crippen molar-refractivity contribution < 1.29 is 53.7 Å². The number of thiazole rings is 6. The van der Waals surface area contributed by atoms with Gasteiger partial charge in [0.1, 0.15) is 62.1 Å². The standard InChI is InChI=1S/C19H25N3O2S.C17H20N6OS.C16H18F2N2O3S2.C16H20FN3O2S2.C15H17N7OS.C15H20N4S/c1-3-18(4-2-17(1)22-9-11-23-12-10-22)24-13-16-14-25-19(21-16)15-5-7-20-8-6-15;1-12-8-18-7-6-16(12)17-20-13(10-25-17)9-24-15-4-2-14(3-5-15)23-11-19-21-22-23;1-25(21,22)12-6-13(17)15(14(18)7-12)23-8-11-9-24-16(20-11)10-2-4-19-5-3-10;1-24(21,22)13-2-3-15(14(17)8-13)19-9-12-10-23-16(20-12)11-4-6-18-7-5-11;1-2-14(22-10-18-20-21-22)17-7-13(1)23-8-12-9-24-15(19-12)11-3-5-16-6-4-11;1-11-2-3-13(8-17-11)18-9-14-10-20-15(19-14)12-4-6-16-7-5-12/h1-4,14-15,20H,5-13H2;2-5,10-12,16,18H,6-9H2,1H3;6-7,9-10,19H,2-5,8H2,1H3;2-3,8,10-11,18-19H,4-7,9H2,1H3;1-2,7,9-11,16H,3-6,8H2;2-3,8,10,12,16,18H,4-7,9H2,1H3/t;12-,16+;;;;/m.0..../s1. The van der Waals surface area contributed by atoms with E-state index in [9.17, 15) is 30.0 Å². The van der Waals surface area contributed by atoms with Gasteiger partial charge in [0, 0.05) is 105 Å². The summed E-state index contributed by atoms with van der Waals surface area (Å²) in [5, 5.41) is 68.2. The summed E-state index contributed by atoms with van der Waals surface area (Å²) in [6, 6.07) is 29.2. The van der Waals surface area contributed by atoms with E-state index in [1.165, 1.54) is 85.9 Å². The van der Waals surface area contributed by atoms with Crippen LogP contribution in [0, 0.1) is 30.3 Å². The molecule has 7 aliphatic heterocycles. The average Bonchev–Trinajstić information content (AvgIpc) is 1.54. The van der Waals surface area contributed by atoms with Crippen LogP contribution in [0.3, 0.4) is 0 Å². The van der Waals surface area contributed by atoms with Crippen molar-refractivity contribution in [2.75, 3.05) is 133 Å². The van der Waals surface area contributed by atoms with Gasteiger partial charge in [0.25, 0.3) is 0 Å². The number of benzene rings is 4. The number of nitrogens with zero attached hydrogens (tertiary/aromatic N) is 17. The number of ether oxygens (including phenoxy) is 5. The second-order valence-corrected chi connectivity index (χ2v) is 45.0. The van der Waals surface area contributed by atoms with Gasteiger partial charge in [-0.05, 0) is 286 Å². The number of aryl methyl sites for hydroxylation is 1. The van der Waals surface area contributed by atoms with E-state index in [4.69, 9.17) is 43.6 Å². The Morgan fingerprint density at radius 2 is 0.825 bits per heavy atom. The normalized spacial score (nSPS) is 17.3. The molecule has 21 rings (SSSR count). The lowest BCUT2D eigenvalue weighted by molar-refractivity contribution is 0.122. The molecule has 45 heteroatoms. The maximum atomic E-state index is 14.0. The summed E-state index contributed by atoms with van der Waals surface area (Å²) in [6.07, 6.45) is 21.1. The lowest BCUT2D eigenvalue weighted by Gasteiger charge is -2.28. The van der Waals surface area contributed by atoms with Crippen molar-refractivity contribution in [3.05, 3.63) is 248 Å². The number of morpholine rings is 1. The summed E-state index contributed by atoms with van der Waals surface area (Å²) in [7, 11) is -7.09. The Labute approximate surface area is 854 Å². The van der Waals surface area contributed by atoms with Crippen LogP contribution in [0.15, 0.2) is 170 Å². The highest BCUT2D eigenvalue weighted by Gasteiger charge is 2.29. The zero-order valence-electron chi connectivity index (χ0n) is 80.1. The monoisotopic (exact) mass is 2100 g/mol. The maximum Gasteiger partial charge on any atom is 0.191 e.